The monoisotopic (exact) mass is 277 g/mol. The standard InChI is InChI=1S/C12H8ClN3OS/c1-6-14-5-9-8(12(17)16-11(9)15-6)4-7-2-3-10(13)18-7/h2-5H,1H3,(H,14,15,16,17). The molecule has 1 N–H and O–H groups in total. The van der Waals surface area contributed by atoms with Crippen molar-refractivity contribution in [1.29, 1.82) is 0 Å². The summed E-state index contributed by atoms with van der Waals surface area (Å²) in [6.07, 6.45) is 3.47. The summed E-state index contributed by atoms with van der Waals surface area (Å²) < 4.78 is 0.695. The van der Waals surface area contributed by atoms with E-state index in [0.29, 0.717) is 21.6 Å². The summed E-state index contributed by atoms with van der Waals surface area (Å²) in [6.45, 7) is 1.78. The van der Waals surface area contributed by atoms with Crippen LogP contribution in [0.15, 0.2) is 18.3 Å². The zero-order chi connectivity index (χ0) is 12.7. The van der Waals surface area contributed by atoms with E-state index in [1.807, 2.05) is 6.07 Å². The molecule has 18 heavy (non-hydrogen) atoms. The number of rotatable bonds is 1. The molecule has 3 rings (SSSR count). The summed E-state index contributed by atoms with van der Waals surface area (Å²) in [7, 11) is 0. The van der Waals surface area contributed by atoms with E-state index in [2.05, 4.69) is 15.3 Å². The molecule has 0 bridgehead atoms. The van der Waals surface area contributed by atoms with Crippen LogP contribution in [0.2, 0.25) is 4.34 Å². The van der Waals surface area contributed by atoms with Crippen LogP contribution in [0.1, 0.15) is 16.3 Å². The summed E-state index contributed by atoms with van der Waals surface area (Å²) in [5.74, 6) is 1.05. The predicted molar refractivity (Wildman–Crippen MR) is 72.6 cm³/mol. The molecule has 0 saturated heterocycles. The van der Waals surface area contributed by atoms with Crippen LogP contribution >= 0.6 is 22.9 Å². The number of hydrogen-bond acceptors (Lipinski definition) is 4. The second-order valence-electron chi connectivity index (χ2n) is 3.83. The fourth-order valence-electron chi connectivity index (χ4n) is 1.75. The van der Waals surface area contributed by atoms with Crippen molar-refractivity contribution in [2.75, 3.05) is 5.32 Å². The Morgan fingerprint density at radius 3 is 3.00 bits per heavy atom. The number of aromatic nitrogens is 2. The van der Waals surface area contributed by atoms with Gasteiger partial charge < -0.3 is 5.32 Å². The van der Waals surface area contributed by atoms with Gasteiger partial charge in [-0.25, -0.2) is 9.97 Å². The predicted octanol–water partition coefficient (Wildman–Crippen LogP) is 2.99. The third-order valence-electron chi connectivity index (χ3n) is 2.56. The lowest BCUT2D eigenvalue weighted by molar-refractivity contribution is -0.110. The van der Waals surface area contributed by atoms with E-state index in [-0.39, 0.29) is 5.91 Å². The number of nitrogens with one attached hydrogen (secondary N) is 1. The van der Waals surface area contributed by atoms with Gasteiger partial charge in [-0.1, -0.05) is 11.6 Å². The molecule has 0 fully saturated rings. The van der Waals surface area contributed by atoms with Crippen LogP contribution in [0.5, 0.6) is 0 Å². The first-order chi connectivity index (χ1) is 8.63. The molecule has 0 unspecified atom stereocenters. The van der Waals surface area contributed by atoms with Gasteiger partial charge in [0.15, 0.2) is 0 Å². The number of anilines is 1. The summed E-state index contributed by atoms with van der Waals surface area (Å²) in [5.41, 5.74) is 1.30. The number of thiophene rings is 1. The van der Waals surface area contributed by atoms with Crippen LogP contribution < -0.4 is 5.32 Å². The fraction of sp³-hybridized carbons (Fsp3) is 0.0833. The van der Waals surface area contributed by atoms with Crippen LogP contribution in [0, 0.1) is 6.92 Å². The molecule has 0 aromatic carbocycles. The van der Waals surface area contributed by atoms with E-state index < -0.39 is 0 Å². The highest BCUT2D eigenvalue weighted by molar-refractivity contribution is 7.17. The maximum absolute atomic E-state index is 11.9. The second kappa shape index (κ2) is 4.19. The van der Waals surface area contributed by atoms with Gasteiger partial charge in [0.05, 0.1) is 9.91 Å². The number of fused-ring (bicyclic) bond motifs is 1. The van der Waals surface area contributed by atoms with E-state index in [1.165, 1.54) is 11.3 Å². The van der Waals surface area contributed by atoms with Gasteiger partial charge in [-0.3, -0.25) is 4.79 Å². The topological polar surface area (TPSA) is 54.9 Å². The Hall–Kier alpha value is -1.72. The average molecular weight is 278 g/mol. The Labute approximate surface area is 112 Å². The molecular formula is C12H8ClN3OS. The maximum atomic E-state index is 11.9. The zero-order valence-corrected chi connectivity index (χ0v) is 11.0. The van der Waals surface area contributed by atoms with Gasteiger partial charge in [0.2, 0.25) is 0 Å². The third kappa shape index (κ3) is 1.91. The highest BCUT2D eigenvalue weighted by Crippen LogP contribution is 2.33. The maximum Gasteiger partial charge on any atom is 0.257 e. The molecule has 1 aliphatic rings. The fourth-order valence-corrected chi connectivity index (χ4v) is 2.76. The molecular weight excluding hydrogens is 270 g/mol. The summed E-state index contributed by atoms with van der Waals surface area (Å²) in [5, 5.41) is 2.73. The summed E-state index contributed by atoms with van der Waals surface area (Å²) >= 11 is 7.29. The first-order valence-electron chi connectivity index (χ1n) is 5.26. The van der Waals surface area contributed by atoms with Crippen molar-refractivity contribution in [3.05, 3.63) is 38.9 Å². The molecule has 2 aromatic heterocycles. The van der Waals surface area contributed by atoms with Crippen molar-refractivity contribution in [2.45, 2.75) is 6.92 Å². The molecule has 4 nitrogen and oxygen atoms in total. The first-order valence-corrected chi connectivity index (χ1v) is 6.45. The second-order valence-corrected chi connectivity index (χ2v) is 5.58. The SMILES string of the molecule is Cc1ncc2c(n1)NC(=O)C2=Cc1ccc(Cl)s1. The van der Waals surface area contributed by atoms with Crippen LogP contribution in [-0.2, 0) is 4.79 Å². The Bertz CT molecular complexity index is 678. The van der Waals surface area contributed by atoms with Gasteiger partial charge in [0.25, 0.3) is 5.91 Å². The lowest BCUT2D eigenvalue weighted by Gasteiger charge is -1.97. The van der Waals surface area contributed by atoms with Gasteiger partial charge >= 0.3 is 0 Å². The van der Waals surface area contributed by atoms with Gasteiger partial charge in [-0.05, 0) is 25.1 Å². The van der Waals surface area contributed by atoms with Gasteiger partial charge in [-0.2, -0.15) is 0 Å². The quantitative estimate of drug-likeness (QED) is 0.815. The lowest BCUT2D eigenvalue weighted by atomic mass is 10.1. The highest BCUT2D eigenvalue weighted by atomic mass is 35.5. The number of halogens is 1. The zero-order valence-electron chi connectivity index (χ0n) is 9.40. The van der Waals surface area contributed by atoms with E-state index in [9.17, 15) is 4.79 Å². The van der Waals surface area contributed by atoms with Crippen molar-refractivity contribution in [2.24, 2.45) is 0 Å². The Kier molecular flexibility index (Phi) is 2.65. The Balaban J connectivity index is 2.09. The minimum Gasteiger partial charge on any atom is -0.306 e. The molecule has 0 spiro atoms. The highest BCUT2D eigenvalue weighted by Gasteiger charge is 2.25. The van der Waals surface area contributed by atoms with Gasteiger partial charge in [0, 0.05) is 16.6 Å². The van der Waals surface area contributed by atoms with Crippen molar-refractivity contribution < 1.29 is 4.79 Å². The van der Waals surface area contributed by atoms with Gasteiger partial charge in [-0.15, -0.1) is 11.3 Å². The first kappa shape index (κ1) is 11.4. The van der Waals surface area contributed by atoms with Crippen LogP contribution in [-0.4, -0.2) is 15.9 Å². The summed E-state index contributed by atoms with van der Waals surface area (Å²) in [6, 6.07) is 3.68. The minimum atomic E-state index is -0.158. The number of hydrogen-bond donors (Lipinski definition) is 1. The van der Waals surface area contributed by atoms with Crippen LogP contribution in [0.3, 0.4) is 0 Å². The molecule has 0 aliphatic carbocycles. The molecule has 90 valence electrons. The average Bonchev–Trinajstić information content (AvgIpc) is 2.84. The molecule has 1 aliphatic heterocycles. The molecule has 2 aromatic rings. The number of carbonyl (C=O) groups excluding carboxylic acids is 1. The largest absolute Gasteiger partial charge is 0.306 e. The normalized spacial score (nSPS) is 15.9. The Morgan fingerprint density at radius 1 is 1.44 bits per heavy atom. The lowest BCUT2D eigenvalue weighted by Crippen LogP contribution is -2.04. The smallest absolute Gasteiger partial charge is 0.257 e. The number of amides is 1. The van der Waals surface area contributed by atoms with E-state index >= 15 is 0 Å². The molecule has 6 heteroatoms. The number of aryl methyl sites for hydroxylation is 1. The third-order valence-corrected chi connectivity index (χ3v) is 3.73. The molecule has 1 amide bonds. The number of nitrogens with zero attached hydrogens (tertiary/aromatic N) is 2. The minimum absolute atomic E-state index is 0.158. The van der Waals surface area contributed by atoms with Crippen LogP contribution in [0.4, 0.5) is 5.82 Å². The van der Waals surface area contributed by atoms with Crippen molar-refractivity contribution in [3.63, 3.8) is 0 Å². The van der Waals surface area contributed by atoms with Crippen molar-refractivity contribution in [1.82, 2.24) is 9.97 Å². The van der Waals surface area contributed by atoms with E-state index in [1.54, 1.807) is 25.3 Å². The molecule has 3 heterocycles. The van der Waals surface area contributed by atoms with E-state index in [0.717, 1.165) is 10.4 Å². The summed E-state index contributed by atoms with van der Waals surface area (Å²) in [4.78, 5) is 21.1. The van der Waals surface area contributed by atoms with Crippen molar-refractivity contribution in [3.8, 4) is 0 Å². The molecule has 0 saturated carbocycles. The van der Waals surface area contributed by atoms with Crippen LogP contribution in [0.25, 0.3) is 11.6 Å². The molecule has 0 radical (unpaired) electrons. The van der Waals surface area contributed by atoms with E-state index in [4.69, 9.17) is 11.6 Å². The van der Waals surface area contributed by atoms with Crippen molar-refractivity contribution >= 4 is 46.3 Å². The Morgan fingerprint density at radius 2 is 2.28 bits per heavy atom. The number of carbonyl (C=O) groups is 1. The van der Waals surface area contributed by atoms with Gasteiger partial charge in [0.1, 0.15) is 11.6 Å². The molecule has 0 atom stereocenters.